The van der Waals surface area contributed by atoms with Crippen LogP contribution in [0.3, 0.4) is 0 Å². The Morgan fingerprint density at radius 1 is 1.10 bits per heavy atom. The molecule has 208 valence electrons. The van der Waals surface area contributed by atoms with Crippen molar-refractivity contribution < 1.29 is 18.7 Å². The molecule has 3 aromatic heterocycles. The minimum atomic E-state index is -0.640. The number of rotatable bonds is 8. The average Bonchev–Trinajstić information content (AvgIpc) is 3.66. The van der Waals surface area contributed by atoms with E-state index < -0.39 is 12.0 Å². The molecule has 1 aliphatic rings. The van der Waals surface area contributed by atoms with Crippen LogP contribution < -0.4 is 19.6 Å². The van der Waals surface area contributed by atoms with Gasteiger partial charge in [0.1, 0.15) is 11.5 Å². The highest BCUT2D eigenvalue weighted by molar-refractivity contribution is 8.01. The molecule has 41 heavy (non-hydrogen) atoms. The van der Waals surface area contributed by atoms with E-state index in [4.69, 9.17) is 13.9 Å². The van der Waals surface area contributed by atoms with Gasteiger partial charge in [0, 0.05) is 6.08 Å². The molecular weight excluding hydrogens is 579 g/mol. The molecule has 6 rings (SSSR count). The zero-order chi connectivity index (χ0) is 28.5. The first-order valence-electron chi connectivity index (χ1n) is 13.0. The van der Waals surface area contributed by atoms with Gasteiger partial charge in [-0.25, -0.2) is 14.8 Å². The third kappa shape index (κ3) is 5.40. The monoisotopic (exact) mass is 603 g/mol. The Morgan fingerprint density at radius 3 is 2.71 bits per heavy atom. The largest absolute Gasteiger partial charge is 0.494 e. The van der Waals surface area contributed by atoms with E-state index in [-0.39, 0.29) is 12.2 Å². The van der Waals surface area contributed by atoms with Crippen LogP contribution in [0.15, 0.2) is 95.6 Å². The first-order valence-corrected chi connectivity index (χ1v) is 15.5. The van der Waals surface area contributed by atoms with E-state index in [0.717, 1.165) is 25.9 Å². The van der Waals surface area contributed by atoms with Crippen molar-refractivity contribution in [3.8, 4) is 5.75 Å². The number of nitrogens with zero attached hydrogens (tertiary/aromatic N) is 3. The van der Waals surface area contributed by atoms with E-state index >= 15 is 0 Å². The van der Waals surface area contributed by atoms with Crippen molar-refractivity contribution in [1.29, 1.82) is 0 Å². The molecule has 2 aromatic carbocycles. The Hall–Kier alpha value is -3.93. The van der Waals surface area contributed by atoms with Gasteiger partial charge >= 0.3 is 5.97 Å². The van der Waals surface area contributed by atoms with Crippen LogP contribution in [0.1, 0.15) is 38.1 Å². The third-order valence-corrected chi connectivity index (χ3v) is 9.33. The summed E-state index contributed by atoms with van der Waals surface area (Å²) in [7, 11) is 0. The normalized spacial score (nSPS) is 15.2. The number of benzene rings is 2. The Bertz CT molecular complexity index is 1970. The maximum absolute atomic E-state index is 13.7. The van der Waals surface area contributed by atoms with Gasteiger partial charge in [-0.1, -0.05) is 41.7 Å². The van der Waals surface area contributed by atoms with Gasteiger partial charge in [0.2, 0.25) is 0 Å². The van der Waals surface area contributed by atoms with Gasteiger partial charge in [-0.3, -0.25) is 9.36 Å². The van der Waals surface area contributed by atoms with E-state index in [2.05, 4.69) is 9.98 Å². The van der Waals surface area contributed by atoms with E-state index in [1.54, 1.807) is 35.8 Å². The molecule has 1 atom stereocenters. The number of carbonyl (C=O) groups excluding carboxylic acids is 1. The number of fused-ring (bicyclic) bond motifs is 2. The van der Waals surface area contributed by atoms with Crippen LogP contribution in [0.2, 0.25) is 0 Å². The van der Waals surface area contributed by atoms with Gasteiger partial charge in [-0.2, -0.15) is 0 Å². The molecule has 0 aliphatic carbocycles. The highest BCUT2D eigenvalue weighted by Crippen LogP contribution is 2.36. The molecule has 0 saturated carbocycles. The van der Waals surface area contributed by atoms with Crippen molar-refractivity contribution in [3.05, 3.63) is 103 Å². The minimum Gasteiger partial charge on any atom is -0.494 e. The van der Waals surface area contributed by atoms with E-state index in [1.807, 2.05) is 67.6 Å². The van der Waals surface area contributed by atoms with Gasteiger partial charge in [0.05, 0.1) is 45.3 Å². The number of aromatic nitrogens is 2. The zero-order valence-corrected chi connectivity index (χ0v) is 24.9. The van der Waals surface area contributed by atoms with Crippen LogP contribution in [0, 0.1) is 0 Å². The summed E-state index contributed by atoms with van der Waals surface area (Å²) in [5.41, 5.74) is 2.35. The van der Waals surface area contributed by atoms with Gasteiger partial charge in [0.15, 0.2) is 14.2 Å². The molecule has 0 bridgehead atoms. The molecule has 0 radical (unpaired) electrons. The molecule has 8 nitrogen and oxygen atoms in total. The summed E-state index contributed by atoms with van der Waals surface area (Å²) in [5.74, 6) is 0.879. The summed E-state index contributed by atoms with van der Waals surface area (Å²) in [4.78, 5) is 36.6. The van der Waals surface area contributed by atoms with E-state index in [9.17, 15) is 9.59 Å². The zero-order valence-electron chi connectivity index (χ0n) is 22.5. The lowest BCUT2D eigenvalue weighted by Crippen LogP contribution is -2.39. The lowest BCUT2D eigenvalue weighted by atomic mass is 9.96. The Morgan fingerprint density at radius 2 is 1.93 bits per heavy atom. The first kappa shape index (κ1) is 27.3. The smallest absolute Gasteiger partial charge is 0.338 e. The predicted octanol–water partition coefficient (Wildman–Crippen LogP) is 5.55. The van der Waals surface area contributed by atoms with Crippen molar-refractivity contribution in [2.75, 3.05) is 13.2 Å². The topological polar surface area (TPSA) is 95.9 Å². The number of furan rings is 1. The second-order valence-electron chi connectivity index (χ2n) is 9.01. The maximum Gasteiger partial charge on any atom is 0.338 e. The number of esters is 1. The average molecular weight is 604 g/mol. The fourth-order valence-electron chi connectivity index (χ4n) is 4.61. The summed E-state index contributed by atoms with van der Waals surface area (Å²) < 4.78 is 20.9. The minimum absolute atomic E-state index is 0.228. The summed E-state index contributed by atoms with van der Waals surface area (Å²) >= 11 is 4.25. The molecular formula is C30H25N3O5S3. The number of carbonyl (C=O) groups is 1. The van der Waals surface area contributed by atoms with Crippen LogP contribution in [0.25, 0.3) is 16.3 Å². The molecule has 0 fully saturated rings. The number of ether oxygens (including phenoxy) is 2. The first-order chi connectivity index (χ1) is 19.9. The lowest BCUT2D eigenvalue weighted by Gasteiger charge is -2.24. The summed E-state index contributed by atoms with van der Waals surface area (Å²) in [5, 5.41) is 0.663. The Balaban J connectivity index is 1.34. The molecule has 11 heteroatoms. The van der Waals surface area contributed by atoms with E-state index in [1.165, 1.54) is 23.1 Å². The summed E-state index contributed by atoms with van der Waals surface area (Å²) in [6.07, 6.45) is 1.71. The van der Waals surface area contributed by atoms with Crippen molar-refractivity contribution in [2.45, 2.75) is 36.2 Å². The standard InChI is InChI=1S/C30H25N3O5S3/c1-4-36-19-11-13-21-22(15-19)40-30(32-21)41-24-14-12-20(38-24)16-23-27(34)33-26(18-9-7-6-8-10-18)25(28(35)37-5-2)17(3)31-29(33)39-23/h6-16,26H,4-5H2,1-3H3/b23-16-/t26-/m0/s1. The molecule has 0 amide bonds. The summed E-state index contributed by atoms with van der Waals surface area (Å²) in [6.45, 7) is 6.32. The van der Waals surface area contributed by atoms with Crippen LogP contribution in [0.4, 0.5) is 0 Å². The van der Waals surface area contributed by atoms with Gasteiger partial charge in [-0.15, -0.1) is 11.3 Å². The lowest BCUT2D eigenvalue weighted by molar-refractivity contribution is -0.139. The summed E-state index contributed by atoms with van der Waals surface area (Å²) in [6, 6.07) is 18.4. The highest BCUT2D eigenvalue weighted by Gasteiger charge is 2.33. The Labute approximate surface area is 247 Å². The molecule has 1 aliphatic heterocycles. The van der Waals surface area contributed by atoms with Crippen LogP contribution in [0.5, 0.6) is 5.75 Å². The number of thiazole rings is 2. The third-order valence-electron chi connectivity index (χ3n) is 6.35. The maximum atomic E-state index is 13.7. The van der Waals surface area contributed by atoms with Crippen molar-refractivity contribution in [2.24, 2.45) is 4.99 Å². The SMILES string of the molecule is CCOC(=O)C1=C(C)N=c2s/c(=C\c3ccc(Sc4nc5ccc(OCC)cc5s4)o3)c(=O)n2[C@H]1c1ccccc1. The Kier molecular flexibility index (Phi) is 7.65. The van der Waals surface area contributed by atoms with Crippen molar-refractivity contribution in [3.63, 3.8) is 0 Å². The quantitative estimate of drug-likeness (QED) is 0.215. The second kappa shape index (κ2) is 11.5. The highest BCUT2D eigenvalue weighted by atomic mass is 32.2. The van der Waals surface area contributed by atoms with Crippen LogP contribution >= 0.6 is 34.4 Å². The molecule has 0 spiro atoms. The molecule has 4 heterocycles. The van der Waals surface area contributed by atoms with Crippen LogP contribution in [-0.4, -0.2) is 28.7 Å². The van der Waals surface area contributed by atoms with Crippen molar-refractivity contribution >= 4 is 56.7 Å². The molecule has 0 N–H and O–H groups in total. The fraction of sp³-hybridized carbons (Fsp3) is 0.200. The number of allylic oxidation sites excluding steroid dienone is 1. The molecule has 0 saturated heterocycles. The van der Waals surface area contributed by atoms with Gasteiger partial charge in [0.25, 0.3) is 5.56 Å². The van der Waals surface area contributed by atoms with Crippen molar-refractivity contribution in [1.82, 2.24) is 9.55 Å². The molecule has 5 aromatic rings. The van der Waals surface area contributed by atoms with Gasteiger partial charge in [-0.05, 0) is 68.4 Å². The number of hydrogen-bond acceptors (Lipinski definition) is 10. The van der Waals surface area contributed by atoms with Crippen LogP contribution in [-0.2, 0) is 9.53 Å². The van der Waals surface area contributed by atoms with E-state index in [0.29, 0.717) is 38.1 Å². The molecule has 0 unspecified atom stereocenters. The number of hydrogen-bond donors (Lipinski definition) is 0. The second-order valence-corrected chi connectivity index (χ2v) is 12.3. The fourth-order valence-corrected chi connectivity index (χ4v) is 7.63. The van der Waals surface area contributed by atoms with Gasteiger partial charge < -0.3 is 13.9 Å². The predicted molar refractivity (Wildman–Crippen MR) is 160 cm³/mol.